The van der Waals surface area contributed by atoms with Crippen LogP contribution in [0.15, 0.2) is 36.4 Å². The van der Waals surface area contributed by atoms with Gasteiger partial charge < -0.3 is 10.0 Å². The summed E-state index contributed by atoms with van der Waals surface area (Å²) in [5.41, 5.74) is 0.925. The van der Waals surface area contributed by atoms with Crippen LogP contribution in [0.3, 0.4) is 0 Å². The molecule has 23 heavy (non-hydrogen) atoms. The number of carbonyl (C=O) groups excluding carboxylic acids is 1. The molecule has 0 bridgehead atoms. The molecule has 2 aromatic carbocycles. The molecule has 2 unspecified atom stereocenters. The zero-order valence-corrected chi connectivity index (χ0v) is 13.0. The third kappa shape index (κ3) is 2.82. The Morgan fingerprint density at radius 1 is 1.26 bits per heavy atom. The highest BCUT2D eigenvalue weighted by molar-refractivity contribution is 6.30. The fraction of sp³-hybridized carbons (Fsp3) is 0.235. The molecule has 0 aliphatic carbocycles. The first-order chi connectivity index (χ1) is 10.9. The molecule has 1 heterocycles. The lowest BCUT2D eigenvalue weighted by Crippen LogP contribution is -2.43. The van der Waals surface area contributed by atoms with E-state index in [1.54, 1.807) is 6.92 Å². The fourth-order valence-electron chi connectivity index (χ4n) is 2.88. The van der Waals surface area contributed by atoms with Crippen LogP contribution in [0.4, 0.5) is 14.5 Å². The molecule has 3 rings (SSSR count). The van der Waals surface area contributed by atoms with Gasteiger partial charge in [-0.1, -0.05) is 11.6 Å². The van der Waals surface area contributed by atoms with Crippen LogP contribution in [0.2, 0.25) is 5.02 Å². The summed E-state index contributed by atoms with van der Waals surface area (Å²) in [6.07, 6.45) is -0.570. The zero-order chi connectivity index (χ0) is 16.7. The summed E-state index contributed by atoms with van der Waals surface area (Å²) in [6.45, 7) is 1.78. The van der Waals surface area contributed by atoms with Crippen LogP contribution in [0.1, 0.15) is 35.4 Å². The topological polar surface area (TPSA) is 40.5 Å². The molecule has 120 valence electrons. The lowest BCUT2D eigenvalue weighted by Gasteiger charge is -2.37. The second-order valence-corrected chi connectivity index (χ2v) is 6.01. The predicted octanol–water partition coefficient (Wildman–Crippen LogP) is 4.09. The summed E-state index contributed by atoms with van der Waals surface area (Å²) in [5.74, 6) is -1.59. The third-order valence-electron chi connectivity index (χ3n) is 4.00. The molecular weight excluding hydrogens is 324 g/mol. The minimum absolute atomic E-state index is 0.0638. The molecule has 1 aliphatic rings. The van der Waals surface area contributed by atoms with Gasteiger partial charge in [0.15, 0.2) is 0 Å². The molecular formula is C17H14ClF2NO2. The third-order valence-corrected chi connectivity index (χ3v) is 4.31. The summed E-state index contributed by atoms with van der Waals surface area (Å²) >= 11 is 5.64. The Morgan fingerprint density at radius 3 is 2.70 bits per heavy atom. The van der Waals surface area contributed by atoms with Crippen molar-refractivity contribution in [3.63, 3.8) is 0 Å². The Bertz CT molecular complexity index is 781. The van der Waals surface area contributed by atoms with Gasteiger partial charge >= 0.3 is 0 Å². The Balaban J connectivity index is 2.06. The smallest absolute Gasteiger partial charge is 0.258 e. The number of aliphatic hydroxyl groups is 1. The van der Waals surface area contributed by atoms with Gasteiger partial charge in [0, 0.05) is 17.2 Å². The van der Waals surface area contributed by atoms with Crippen molar-refractivity contribution in [1.82, 2.24) is 0 Å². The minimum atomic E-state index is -0.846. The van der Waals surface area contributed by atoms with Crippen LogP contribution in [-0.4, -0.2) is 17.1 Å². The second kappa shape index (κ2) is 5.91. The van der Waals surface area contributed by atoms with Crippen LogP contribution in [0, 0.1) is 11.6 Å². The van der Waals surface area contributed by atoms with E-state index in [9.17, 15) is 18.7 Å². The monoisotopic (exact) mass is 337 g/mol. The highest BCUT2D eigenvalue weighted by Gasteiger charge is 2.33. The lowest BCUT2D eigenvalue weighted by atomic mass is 9.93. The van der Waals surface area contributed by atoms with Gasteiger partial charge in [-0.25, -0.2) is 8.78 Å². The summed E-state index contributed by atoms with van der Waals surface area (Å²) in [5, 5.41) is 10.1. The van der Waals surface area contributed by atoms with E-state index in [4.69, 9.17) is 11.6 Å². The van der Waals surface area contributed by atoms with Gasteiger partial charge in [-0.2, -0.15) is 0 Å². The highest BCUT2D eigenvalue weighted by atomic mass is 35.5. The van der Waals surface area contributed by atoms with Crippen LogP contribution in [-0.2, 0) is 0 Å². The quantitative estimate of drug-likeness (QED) is 0.851. The largest absolute Gasteiger partial charge is 0.388 e. The number of carbonyl (C=O) groups is 1. The van der Waals surface area contributed by atoms with E-state index >= 15 is 0 Å². The van der Waals surface area contributed by atoms with Crippen molar-refractivity contribution in [2.24, 2.45) is 0 Å². The number of anilines is 1. The maximum Gasteiger partial charge on any atom is 0.258 e. The van der Waals surface area contributed by atoms with Crippen molar-refractivity contribution >= 4 is 23.2 Å². The molecule has 6 heteroatoms. The highest BCUT2D eigenvalue weighted by Crippen LogP contribution is 2.38. The van der Waals surface area contributed by atoms with Crippen molar-refractivity contribution in [2.75, 3.05) is 4.90 Å². The normalized spacial score (nSPS) is 20.3. The maximum atomic E-state index is 13.6. The standard InChI is InChI=1S/C17H14ClF2NO2/c1-9-6-16(22)12-8-11(19)3-5-15(12)21(9)17(23)10-2-4-13(18)14(20)7-10/h2-5,7-9,16,22H,6H2,1H3. The van der Waals surface area contributed by atoms with Gasteiger partial charge in [-0.05, 0) is 49.7 Å². The molecule has 1 amide bonds. The summed E-state index contributed by atoms with van der Waals surface area (Å²) < 4.78 is 27.1. The average Bonchev–Trinajstić information content (AvgIpc) is 2.50. The van der Waals surface area contributed by atoms with E-state index in [1.807, 2.05) is 0 Å². The molecule has 0 radical (unpaired) electrons. The van der Waals surface area contributed by atoms with Crippen molar-refractivity contribution in [2.45, 2.75) is 25.5 Å². The molecule has 3 nitrogen and oxygen atoms in total. The molecule has 0 saturated carbocycles. The van der Waals surface area contributed by atoms with Gasteiger partial charge in [0.1, 0.15) is 11.6 Å². The van der Waals surface area contributed by atoms with E-state index in [-0.39, 0.29) is 23.0 Å². The van der Waals surface area contributed by atoms with Crippen LogP contribution in [0.5, 0.6) is 0 Å². The molecule has 0 spiro atoms. The fourth-order valence-corrected chi connectivity index (χ4v) is 3.00. The van der Waals surface area contributed by atoms with Crippen molar-refractivity contribution in [3.8, 4) is 0 Å². The first-order valence-electron chi connectivity index (χ1n) is 7.14. The number of hydrogen-bond donors (Lipinski definition) is 1. The number of fused-ring (bicyclic) bond motifs is 1. The first-order valence-corrected chi connectivity index (χ1v) is 7.52. The number of amides is 1. The molecule has 1 N–H and O–H groups in total. The molecule has 0 aromatic heterocycles. The Labute approximate surface area is 137 Å². The van der Waals surface area contributed by atoms with Crippen molar-refractivity contribution < 1.29 is 18.7 Å². The molecule has 1 aliphatic heterocycles. The summed E-state index contributed by atoms with van der Waals surface area (Å²) in [4.78, 5) is 14.2. The van der Waals surface area contributed by atoms with E-state index in [2.05, 4.69) is 0 Å². The lowest BCUT2D eigenvalue weighted by molar-refractivity contribution is 0.0948. The zero-order valence-electron chi connectivity index (χ0n) is 12.3. The Hall–Kier alpha value is -1.98. The maximum absolute atomic E-state index is 13.6. The molecule has 2 aromatic rings. The van der Waals surface area contributed by atoms with E-state index in [0.29, 0.717) is 11.3 Å². The van der Waals surface area contributed by atoms with Crippen molar-refractivity contribution in [3.05, 3.63) is 64.2 Å². The molecule has 0 saturated heterocycles. The van der Waals surface area contributed by atoms with E-state index < -0.39 is 23.6 Å². The average molecular weight is 338 g/mol. The Kier molecular flexibility index (Phi) is 4.08. The van der Waals surface area contributed by atoms with Crippen LogP contribution < -0.4 is 4.90 Å². The van der Waals surface area contributed by atoms with Gasteiger partial charge in [-0.3, -0.25) is 4.79 Å². The number of halogens is 3. The number of hydrogen-bond acceptors (Lipinski definition) is 2. The number of nitrogens with zero attached hydrogens (tertiary/aromatic N) is 1. The van der Waals surface area contributed by atoms with Crippen LogP contribution in [0.25, 0.3) is 0 Å². The number of aliphatic hydroxyl groups excluding tert-OH is 1. The second-order valence-electron chi connectivity index (χ2n) is 5.61. The van der Waals surface area contributed by atoms with Gasteiger partial charge in [0.2, 0.25) is 0 Å². The number of benzene rings is 2. The minimum Gasteiger partial charge on any atom is -0.388 e. The van der Waals surface area contributed by atoms with Gasteiger partial charge in [0.05, 0.1) is 16.8 Å². The van der Waals surface area contributed by atoms with E-state index in [1.165, 1.54) is 35.2 Å². The Morgan fingerprint density at radius 2 is 2.00 bits per heavy atom. The predicted molar refractivity (Wildman–Crippen MR) is 83.7 cm³/mol. The molecule has 2 atom stereocenters. The van der Waals surface area contributed by atoms with Gasteiger partial charge in [0.25, 0.3) is 5.91 Å². The van der Waals surface area contributed by atoms with Crippen LogP contribution >= 0.6 is 11.6 Å². The van der Waals surface area contributed by atoms with Crippen molar-refractivity contribution in [1.29, 1.82) is 0 Å². The molecule has 0 fully saturated rings. The summed E-state index contributed by atoms with van der Waals surface area (Å²) in [6, 6.07) is 7.42. The van der Waals surface area contributed by atoms with E-state index in [0.717, 1.165) is 6.07 Å². The van der Waals surface area contributed by atoms with Gasteiger partial charge in [-0.15, -0.1) is 0 Å². The summed E-state index contributed by atoms with van der Waals surface area (Å²) in [7, 11) is 0. The first kappa shape index (κ1) is 15.9. The SMILES string of the molecule is CC1CC(O)c2cc(F)ccc2N1C(=O)c1ccc(Cl)c(F)c1. The number of rotatable bonds is 1.